The fraction of sp³-hybridized carbons (Fsp3) is 0.438. The van der Waals surface area contributed by atoms with Crippen molar-refractivity contribution in [2.45, 2.75) is 13.5 Å². The lowest BCUT2D eigenvalue weighted by Crippen LogP contribution is -2.48. The molecule has 0 bridgehead atoms. The van der Waals surface area contributed by atoms with Crippen LogP contribution in [0.25, 0.3) is 0 Å². The smallest absolute Gasteiger partial charge is 0.276 e. The van der Waals surface area contributed by atoms with Gasteiger partial charge in [-0.1, -0.05) is 12.1 Å². The minimum absolute atomic E-state index is 0.0560. The van der Waals surface area contributed by atoms with Crippen molar-refractivity contribution < 1.29 is 9.53 Å². The van der Waals surface area contributed by atoms with E-state index in [0.717, 1.165) is 25.4 Å². The Morgan fingerprint density at radius 2 is 1.96 bits per heavy atom. The third-order valence-electron chi connectivity index (χ3n) is 3.93. The van der Waals surface area contributed by atoms with Crippen LogP contribution in [0.1, 0.15) is 23.0 Å². The Hall–Kier alpha value is -2.41. The molecule has 7 nitrogen and oxygen atoms in total. The van der Waals surface area contributed by atoms with E-state index in [2.05, 4.69) is 32.4 Å². The number of amides is 1. The molecule has 7 heteroatoms. The molecule has 1 amide bonds. The van der Waals surface area contributed by atoms with Crippen molar-refractivity contribution in [2.75, 3.05) is 32.8 Å². The molecule has 0 spiro atoms. The van der Waals surface area contributed by atoms with Gasteiger partial charge in [-0.3, -0.25) is 9.69 Å². The molecule has 1 aromatic heterocycles. The van der Waals surface area contributed by atoms with Crippen molar-refractivity contribution in [1.29, 1.82) is 0 Å². The van der Waals surface area contributed by atoms with Crippen molar-refractivity contribution in [1.82, 2.24) is 25.2 Å². The highest BCUT2D eigenvalue weighted by molar-refractivity contribution is 5.91. The molecule has 0 radical (unpaired) electrons. The molecule has 2 aromatic rings. The van der Waals surface area contributed by atoms with Crippen molar-refractivity contribution >= 4 is 5.91 Å². The van der Waals surface area contributed by atoms with Gasteiger partial charge in [-0.2, -0.15) is 15.4 Å². The molecule has 0 saturated carbocycles. The number of aromatic amines is 1. The van der Waals surface area contributed by atoms with Gasteiger partial charge in [0, 0.05) is 32.7 Å². The van der Waals surface area contributed by atoms with E-state index < -0.39 is 0 Å². The van der Waals surface area contributed by atoms with E-state index in [1.165, 1.54) is 11.8 Å². The Morgan fingerprint density at radius 1 is 1.22 bits per heavy atom. The summed E-state index contributed by atoms with van der Waals surface area (Å²) in [6.07, 6.45) is 1.47. The summed E-state index contributed by atoms with van der Waals surface area (Å²) in [5, 5.41) is 10.0. The van der Waals surface area contributed by atoms with Crippen LogP contribution in [0, 0.1) is 0 Å². The first-order valence-corrected chi connectivity index (χ1v) is 7.85. The molecule has 1 N–H and O–H groups in total. The number of H-pyrrole nitrogens is 1. The quantitative estimate of drug-likeness (QED) is 0.896. The molecule has 23 heavy (non-hydrogen) atoms. The van der Waals surface area contributed by atoms with Crippen molar-refractivity contribution in [3.8, 4) is 5.75 Å². The number of piperazine rings is 1. The van der Waals surface area contributed by atoms with E-state index in [9.17, 15) is 4.79 Å². The molecule has 2 heterocycles. The molecular formula is C16H21N5O2. The van der Waals surface area contributed by atoms with Crippen molar-refractivity contribution in [2.24, 2.45) is 0 Å². The molecule has 0 aliphatic carbocycles. The SMILES string of the molecule is CCOc1ccc(CN2CCN(C(=O)c3cn[nH]n3)CC2)cc1. The fourth-order valence-corrected chi connectivity index (χ4v) is 2.69. The average molecular weight is 315 g/mol. The van der Waals surface area contributed by atoms with E-state index in [1.807, 2.05) is 24.0 Å². The summed E-state index contributed by atoms with van der Waals surface area (Å²) in [6, 6.07) is 8.20. The molecule has 1 aliphatic heterocycles. The maximum Gasteiger partial charge on any atom is 0.276 e. The molecule has 0 atom stereocenters. The van der Waals surface area contributed by atoms with Gasteiger partial charge in [-0.15, -0.1) is 0 Å². The number of aromatic nitrogens is 3. The van der Waals surface area contributed by atoms with E-state index >= 15 is 0 Å². The van der Waals surface area contributed by atoms with Crippen molar-refractivity contribution in [3.05, 3.63) is 41.7 Å². The van der Waals surface area contributed by atoms with Crippen LogP contribution < -0.4 is 4.74 Å². The normalized spacial score (nSPS) is 15.6. The number of benzene rings is 1. The van der Waals surface area contributed by atoms with Crippen LogP contribution in [-0.4, -0.2) is 63.9 Å². The zero-order valence-corrected chi connectivity index (χ0v) is 13.2. The number of carbonyl (C=O) groups excluding carboxylic acids is 1. The Bertz CT molecular complexity index is 618. The maximum absolute atomic E-state index is 12.2. The van der Waals surface area contributed by atoms with Gasteiger partial charge >= 0.3 is 0 Å². The van der Waals surface area contributed by atoms with Gasteiger partial charge in [0.25, 0.3) is 5.91 Å². The number of ether oxygens (including phenoxy) is 1. The Labute approximate surface area is 135 Å². The number of nitrogens with one attached hydrogen (secondary N) is 1. The monoisotopic (exact) mass is 315 g/mol. The maximum atomic E-state index is 12.2. The number of hydrogen-bond donors (Lipinski definition) is 1. The second-order valence-electron chi connectivity index (χ2n) is 5.50. The summed E-state index contributed by atoms with van der Waals surface area (Å²) in [4.78, 5) is 16.4. The largest absolute Gasteiger partial charge is 0.494 e. The first-order chi connectivity index (χ1) is 11.3. The van der Waals surface area contributed by atoms with E-state index in [0.29, 0.717) is 25.4 Å². The lowest BCUT2D eigenvalue weighted by Gasteiger charge is -2.34. The predicted molar refractivity (Wildman–Crippen MR) is 85.2 cm³/mol. The molecule has 3 rings (SSSR count). The second-order valence-corrected chi connectivity index (χ2v) is 5.50. The first kappa shape index (κ1) is 15.5. The molecule has 1 aliphatic rings. The highest BCUT2D eigenvalue weighted by atomic mass is 16.5. The summed E-state index contributed by atoms with van der Waals surface area (Å²) in [6.45, 7) is 6.69. The minimum Gasteiger partial charge on any atom is -0.494 e. The van der Waals surface area contributed by atoms with Gasteiger partial charge in [-0.05, 0) is 24.6 Å². The molecule has 1 aromatic carbocycles. The number of nitrogens with zero attached hydrogens (tertiary/aromatic N) is 4. The first-order valence-electron chi connectivity index (χ1n) is 7.85. The van der Waals surface area contributed by atoms with Crippen LogP contribution >= 0.6 is 0 Å². The van der Waals surface area contributed by atoms with Crippen LogP contribution in [0.4, 0.5) is 0 Å². The van der Waals surface area contributed by atoms with E-state index in [-0.39, 0.29) is 5.91 Å². The van der Waals surface area contributed by atoms with Gasteiger partial charge < -0.3 is 9.64 Å². The highest BCUT2D eigenvalue weighted by Gasteiger charge is 2.23. The van der Waals surface area contributed by atoms with Crippen LogP contribution in [0.15, 0.2) is 30.5 Å². The summed E-state index contributed by atoms with van der Waals surface area (Å²) in [7, 11) is 0. The summed E-state index contributed by atoms with van der Waals surface area (Å²) in [5.41, 5.74) is 1.63. The van der Waals surface area contributed by atoms with Crippen LogP contribution in [-0.2, 0) is 6.54 Å². The van der Waals surface area contributed by atoms with Gasteiger partial charge in [0.1, 0.15) is 5.75 Å². The lowest BCUT2D eigenvalue weighted by atomic mass is 10.2. The third-order valence-corrected chi connectivity index (χ3v) is 3.93. The summed E-state index contributed by atoms with van der Waals surface area (Å²) >= 11 is 0. The molecule has 1 fully saturated rings. The van der Waals surface area contributed by atoms with Gasteiger partial charge in [0.2, 0.25) is 0 Å². The number of hydrogen-bond acceptors (Lipinski definition) is 5. The van der Waals surface area contributed by atoms with Crippen LogP contribution in [0.2, 0.25) is 0 Å². The molecule has 1 saturated heterocycles. The molecular weight excluding hydrogens is 294 g/mol. The van der Waals surface area contributed by atoms with Gasteiger partial charge in [0.05, 0.1) is 12.8 Å². The minimum atomic E-state index is -0.0560. The van der Waals surface area contributed by atoms with Crippen LogP contribution in [0.5, 0.6) is 5.75 Å². The Balaban J connectivity index is 1.50. The molecule has 0 unspecified atom stereocenters. The lowest BCUT2D eigenvalue weighted by molar-refractivity contribution is 0.0622. The third kappa shape index (κ3) is 3.87. The Morgan fingerprint density at radius 3 is 2.57 bits per heavy atom. The Kier molecular flexibility index (Phi) is 4.87. The van der Waals surface area contributed by atoms with Gasteiger partial charge in [-0.25, -0.2) is 0 Å². The zero-order chi connectivity index (χ0) is 16.1. The standard InChI is InChI=1S/C16H21N5O2/c1-2-23-14-5-3-13(4-6-14)12-20-7-9-21(10-8-20)16(22)15-11-17-19-18-15/h3-6,11H,2,7-10,12H2,1H3,(H,17,18,19). The second kappa shape index (κ2) is 7.23. The number of carbonyl (C=O) groups is 1. The van der Waals surface area contributed by atoms with Crippen LogP contribution in [0.3, 0.4) is 0 Å². The molecule has 122 valence electrons. The predicted octanol–water partition coefficient (Wildman–Crippen LogP) is 1.16. The highest BCUT2D eigenvalue weighted by Crippen LogP contribution is 2.15. The van der Waals surface area contributed by atoms with Crippen molar-refractivity contribution in [3.63, 3.8) is 0 Å². The zero-order valence-electron chi connectivity index (χ0n) is 13.2. The van der Waals surface area contributed by atoms with Gasteiger partial charge in [0.15, 0.2) is 5.69 Å². The summed E-state index contributed by atoms with van der Waals surface area (Å²) in [5.74, 6) is 0.846. The fourth-order valence-electron chi connectivity index (χ4n) is 2.69. The van der Waals surface area contributed by atoms with E-state index in [1.54, 1.807) is 0 Å². The van der Waals surface area contributed by atoms with E-state index in [4.69, 9.17) is 4.74 Å². The number of rotatable bonds is 5. The summed E-state index contributed by atoms with van der Waals surface area (Å²) < 4.78 is 5.46. The average Bonchev–Trinajstić information content (AvgIpc) is 3.11. The topological polar surface area (TPSA) is 74.3 Å².